The van der Waals surface area contributed by atoms with Crippen molar-refractivity contribution in [3.8, 4) is 0 Å². The van der Waals surface area contributed by atoms with Crippen LogP contribution in [0.1, 0.15) is 6.42 Å². The molecular weight excluding hydrogens is 288 g/mol. The molecule has 17 heavy (non-hydrogen) atoms. The van der Waals surface area contributed by atoms with Crippen molar-refractivity contribution in [2.45, 2.75) is 13.0 Å². The van der Waals surface area contributed by atoms with Crippen molar-refractivity contribution in [1.29, 1.82) is 0 Å². The third-order valence-corrected chi connectivity index (χ3v) is 2.74. The summed E-state index contributed by atoms with van der Waals surface area (Å²) in [6.45, 7) is 1.19. The molecule has 1 aromatic rings. The van der Waals surface area contributed by atoms with Crippen molar-refractivity contribution in [2.24, 2.45) is 0 Å². The Morgan fingerprint density at radius 2 is 2.35 bits per heavy atom. The summed E-state index contributed by atoms with van der Waals surface area (Å²) < 4.78 is 6.67. The highest BCUT2D eigenvalue weighted by Gasteiger charge is 2.05. The zero-order valence-electron chi connectivity index (χ0n) is 9.61. The molecule has 0 aliphatic rings. The first-order chi connectivity index (χ1) is 8.15. The Hall–Kier alpha value is -1.14. The number of nitrogens with zero attached hydrogens (tertiary/aromatic N) is 1. The zero-order valence-corrected chi connectivity index (χ0v) is 11.2. The van der Waals surface area contributed by atoms with Gasteiger partial charge in [0.1, 0.15) is 6.54 Å². The van der Waals surface area contributed by atoms with Crippen LogP contribution in [-0.2, 0) is 16.1 Å². The van der Waals surface area contributed by atoms with Gasteiger partial charge in [0.05, 0.1) is 4.47 Å². The molecular formula is C11H15BrN2O3. The summed E-state index contributed by atoms with van der Waals surface area (Å²) in [5, 5.41) is 2.72. The quantitative estimate of drug-likeness (QED) is 0.790. The lowest BCUT2D eigenvalue weighted by Gasteiger charge is -2.07. The Morgan fingerprint density at radius 1 is 1.59 bits per heavy atom. The Morgan fingerprint density at radius 3 is 3.06 bits per heavy atom. The molecule has 0 saturated heterocycles. The molecule has 1 heterocycles. The number of pyridine rings is 1. The van der Waals surface area contributed by atoms with Gasteiger partial charge < -0.3 is 14.6 Å². The Kier molecular flexibility index (Phi) is 5.93. The summed E-state index contributed by atoms with van der Waals surface area (Å²) in [4.78, 5) is 23.1. The second kappa shape index (κ2) is 7.24. The Bertz CT molecular complexity index is 431. The number of carbonyl (C=O) groups is 1. The molecule has 1 N–H and O–H groups in total. The molecule has 0 aliphatic carbocycles. The molecule has 0 unspecified atom stereocenters. The van der Waals surface area contributed by atoms with E-state index >= 15 is 0 Å². The first kappa shape index (κ1) is 13.9. The van der Waals surface area contributed by atoms with Gasteiger partial charge in [-0.3, -0.25) is 9.59 Å². The minimum Gasteiger partial charge on any atom is -0.385 e. The van der Waals surface area contributed by atoms with Crippen LogP contribution in [0.15, 0.2) is 27.6 Å². The van der Waals surface area contributed by atoms with E-state index in [4.69, 9.17) is 4.74 Å². The number of amides is 1. The molecule has 0 bridgehead atoms. The van der Waals surface area contributed by atoms with Gasteiger partial charge in [-0.05, 0) is 34.5 Å². The SMILES string of the molecule is COCCCNC(=O)Cn1cccc(Br)c1=O. The van der Waals surface area contributed by atoms with Crippen LogP contribution in [0.3, 0.4) is 0 Å². The number of methoxy groups -OCH3 is 1. The number of ether oxygens (including phenoxy) is 1. The number of rotatable bonds is 6. The van der Waals surface area contributed by atoms with Crippen molar-refractivity contribution >= 4 is 21.8 Å². The maximum atomic E-state index is 11.6. The highest BCUT2D eigenvalue weighted by atomic mass is 79.9. The van der Waals surface area contributed by atoms with Gasteiger partial charge in [-0.25, -0.2) is 0 Å². The summed E-state index contributed by atoms with van der Waals surface area (Å²) in [7, 11) is 1.61. The molecule has 1 aromatic heterocycles. The van der Waals surface area contributed by atoms with Gasteiger partial charge in [0.15, 0.2) is 0 Å². The van der Waals surface area contributed by atoms with Crippen molar-refractivity contribution in [3.05, 3.63) is 33.2 Å². The molecule has 0 atom stereocenters. The third-order valence-electron chi connectivity index (χ3n) is 2.14. The van der Waals surface area contributed by atoms with Crippen LogP contribution in [-0.4, -0.2) is 30.7 Å². The van der Waals surface area contributed by atoms with Crippen molar-refractivity contribution in [3.63, 3.8) is 0 Å². The van der Waals surface area contributed by atoms with E-state index < -0.39 is 0 Å². The van der Waals surface area contributed by atoms with Crippen LogP contribution in [0.5, 0.6) is 0 Å². The lowest BCUT2D eigenvalue weighted by atomic mass is 10.4. The predicted octanol–water partition coefficient (Wildman–Crippen LogP) is 0.763. The lowest BCUT2D eigenvalue weighted by Crippen LogP contribution is -2.33. The summed E-state index contributed by atoms with van der Waals surface area (Å²) in [6, 6.07) is 3.36. The molecule has 5 nitrogen and oxygen atoms in total. The number of hydrogen-bond donors (Lipinski definition) is 1. The van der Waals surface area contributed by atoms with Crippen LogP contribution in [0.2, 0.25) is 0 Å². The highest BCUT2D eigenvalue weighted by Crippen LogP contribution is 2.00. The van der Waals surface area contributed by atoms with Crippen LogP contribution in [0.25, 0.3) is 0 Å². The topological polar surface area (TPSA) is 60.3 Å². The zero-order chi connectivity index (χ0) is 12.7. The van der Waals surface area contributed by atoms with Crippen molar-refractivity contribution in [2.75, 3.05) is 20.3 Å². The van der Waals surface area contributed by atoms with Crippen molar-refractivity contribution in [1.82, 2.24) is 9.88 Å². The number of hydrogen-bond acceptors (Lipinski definition) is 3. The van der Waals surface area contributed by atoms with Crippen molar-refractivity contribution < 1.29 is 9.53 Å². The van der Waals surface area contributed by atoms with Gasteiger partial charge in [0.25, 0.3) is 5.56 Å². The molecule has 0 aromatic carbocycles. The Balaban J connectivity index is 2.46. The molecule has 0 spiro atoms. The van der Waals surface area contributed by atoms with Gasteiger partial charge in [-0.2, -0.15) is 0 Å². The summed E-state index contributed by atoms with van der Waals surface area (Å²) in [6.07, 6.45) is 2.34. The van der Waals surface area contributed by atoms with E-state index in [0.717, 1.165) is 6.42 Å². The second-order valence-electron chi connectivity index (χ2n) is 3.49. The predicted molar refractivity (Wildman–Crippen MR) is 67.9 cm³/mol. The average Bonchev–Trinajstić information content (AvgIpc) is 2.31. The number of carbonyl (C=O) groups excluding carboxylic acids is 1. The minimum absolute atomic E-state index is 0.0330. The third kappa shape index (κ3) is 4.70. The average molecular weight is 303 g/mol. The molecule has 94 valence electrons. The monoisotopic (exact) mass is 302 g/mol. The molecule has 0 aliphatic heterocycles. The van der Waals surface area contributed by atoms with E-state index in [0.29, 0.717) is 17.6 Å². The van der Waals surface area contributed by atoms with Crippen LogP contribution < -0.4 is 10.9 Å². The first-order valence-electron chi connectivity index (χ1n) is 5.25. The van der Waals surface area contributed by atoms with E-state index in [1.54, 1.807) is 25.4 Å². The van der Waals surface area contributed by atoms with Gasteiger partial charge in [-0.1, -0.05) is 0 Å². The molecule has 0 radical (unpaired) electrons. The fraction of sp³-hybridized carbons (Fsp3) is 0.455. The largest absolute Gasteiger partial charge is 0.385 e. The van der Waals surface area contributed by atoms with Crippen LogP contribution in [0.4, 0.5) is 0 Å². The molecule has 1 rings (SSSR count). The van der Waals surface area contributed by atoms with Gasteiger partial charge in [0.2, 0.25) is 5.91 Å². The first-order valence-corrected chi connectivity index (χ1v) is 6.05. The summed E-state index contributed by atoms with van der Waals surface area (Å²) in [5.74, 6) is -0.179. The smallest absolute Gasteiger partial charge is 0.265 e. The van der Waals surface area contributed by atoms with Gasteiger partial charge in [-0.15, -0.1) is 0 Å². The fourth-order valence-corrected chi connectivity index (χ4v) is 1.67. The summed E-state index contributed by atoms with van der Waals surface area (Å²) in [5.41, 5.74) is -0.209. The number of nitrogens with one attached hydrogen (secondary N) is 1. The molecule has 0 saturated carbocycles. The maximum Gasteiger partial charge on any atom is 0.265 e. The maximum absolute atomic E-state index is 11.6. The summed E-state index contributed by atoms with van der Waals surface area (Å²) >= 11 is 3.13. The molecule has 0 fully saturated rings. The van der Waals surface area contributed by atoms with E-state index in [-0.39, 0.29) is 18.0 Å². The van der Waals surface area contributed by atoms with Gasteiger partial charge >= 0.3 is 0 Å². The standard InChI is InChI=1S/C11H15BrN2O3/c1-17-7-3-5-13-10(15)8-14-6-2-4-9(12)11(14)16/h2,4,6H,3,5,7-8H2,1H3,(H,13,15). The van der Waals surface area contributed by atoms with E-state index in [2.05, 4.69) is 21.2 Å². The number of aromatic nitrogens is 1. The Labute approximate surface area is 108 Å². The fourth-order valence-electron chi connectivity index (χ4n) is 1.29. The minimum atomic E-state index is -0.209. The molecule has 1 amide bonds. The van der Waals surface area contributed by atoms with E-state index in [1.165, 1.54) is 4.57 Å². The van der Waals surface area contributed by atoms with Crippen LogP contribution >= 0.6 is 15.9 Å². The van der Waals surface area contributed by atoms with E-state index in [1.807, 2.05) is 0 Å². The van der Waals surface area contributed by atoms with Gasteiger partial charge in [0, 0.05) is 26.5 Å². The number of halogens is 1. The van der Waals surface area contributed by atoms with E-state index in [9.17, 15) is 9.59 Å². The lowest BCUT2D eigenvalue weighted by molar-refractivity contribution is -0.121. The highest BCUT2D eigenvalue weighted by molar-refractivity contribution is 9.10. The molecule has 6 heteroatoms. The normalized spacial score (nSPS) is 10.2. The van der Waals surface area contributed by atoms with Crippen LogP contribution in [0, 0.1) is 0 Å². The second-order valence-corrected chi connectivity index (χ2v) is 4.34.